The van der Waals surface area contributed by atoms with E-state index in [2.05, 4.69) is 14.5 Å². The van der Waals surface area contributed by atoms with E-state index in [1.807, 2.05) is 0 Å². The summed E-state index contributed by atoms with van der Waals surface area (Å²) in [5.74, 6) is -0.780. The molecule has 5 nitrogen and oxygen atoms in total. The Bertz CT molecular complexity index is 638. The molecule has 0 fully saturated rings. The zero-order valence-electron chi connectivity index (χ0n) is 10.9. The fourth-order valence-corrected chi connectivity index (χ4v) is 1.66. The van der Waals surface area contributed by atoms with Gasteiger partial charge in [-0.05, 0) is 12.1 Å². The molecular formula is C13H11F3N2O3. The third-order valence-corrected chi connectivity index (χ3v) is 2.54. The molecule has 1 aromatic heterocycles. The molecular weight excluding hydrogens is 289 g/mol. The first kappa shape index (κ1) is 14.9. The first-order chi connectivity index (χ1) is 9.87. The van der Waals surface area contributed by atoms with Gasteiger partial charge in [0.1, 0.15) is 5.75 Å². The molecule has 0 aliphatic carbocycles. The zero-order chi connectivity index (χ0) is 15.5. The van der Waals surface area contributed by atoms with Crippen molar-refractivity contribution in [1.29, 1.82) is 0 Å². The van der Waals surface area contributed by atoms with Gasteiger partial charge in [0, 0.05) is 12.3 Å². The Morgan fingerprint density at radius 3 is 2.81 bits per heavy atom. The molecule has 0 aliphatic heterocycles. The summed E-state index contributed by atoms with van der Waals surface area (Å²) in [5, 5.41) is 0. The lowest BCUT2D eigenvalue weighted by atomic mass is 10.3. The predicted octanol–water partition coefficient (Wildman–Crippen LogP) is 2.49. The Morgan fingerprint density at radius 2 is 2.14 bits per heavy atom. The molecule has 0 atom stereocenters. The molecule has 0 unspecified atom stereocenters. The lowest BCUT2D eigenvalue weighted by molar-refractivity contribution is -0.274. The molecule has 1 heterocycles. The van der Waals surface area contributed by atoms with Crippen LogP contribution in [0, 0.1) is 0 Å². The van der Waals surface area contributed by atoms with Crippen LogP contribution in [0.1, 0.15) is 5.69 Å². The lowest BCUT2D eigenvalue weighted by Gasteiger charge is -2.10. The van der Waals surface area contributed by atoms with Crippen molar-refractivity contribution in [3.8, 4) is 11.4 Å². The number of methoxy groups -OCH3 is 1. The Labute approximate surface area is 117 Å². The molecule has 0 saturated carbocycles. The smallest absolute Gasteiger partial charge is 0.469 e. The van der Waals surface area contributed by atoms with Crippen LogP contribution in [0.3, 0.4) is 0 Å². The van der Waals surface area contributed by atoms with E-state index >= 15 is 0 Å². The number of nitrogens with zero attached hydrogens (tertiary/aromatic N) is 2. The van der Waals surface area contributed by atoms with Crippen molar-refractivity contribution in [2.45, 2.75) is 12.8 Å². The highest BCUT2D eigenvalue weighted by Gasteiger charge is 2.31. The maximum absolute atomic E-state index is 12.2. The van der Waals surface area contributed by atoms with E-state index in [1.165, 1.54) is 42.4 Å². The van der Waals surface area contributed by atoms with Gasteiger partial charge in [-0.2, -0.15) is 0 Å². The number of carbonyl (C=O) groups is 1. The monoisotopic (exact) mass is 300 g/mol. The molecule has 0 bridgehead atoms. The highest BCUT2D eigenvalue weighted by Crippen LogP contribution is 2.24. The number of esters is 1. The van der Waals surface area contributed by atoms with Crippen molar-refractivity contribution in [3.05, 3.63) is 42.5 Å². The van der Waals surface area contributed by atoms with Crippen molar-refractivity contribution in [1.82, 2.24) is 9.55 Å². The topological polar surface area (TPSA) is 53.4 Å². The number of hydrogen-bond acceptors (Lipinski definition) is 4. The number of rotatable bonds is 4. The van der Waals surface area contributed by atoms with E-state index < -0.39 is 12.3 Å². The Hall–Kier alpha value is -2.51. The molecule has 2 rings (SSSR count). The summed E-state index contributed by atoms with van der Waals surface area (Å²) in [4.78, 5) is 15.1. The predicted molar refractivity (Wildman–Crippen MR) is 66.0 cm³/mol. The van der Waals surface area contributed by atoms with Gasteiger partial charge in [-0.1, -0.05) is 6.07 Å². The normalized spacial score (nSPS) is 11.2. The van der Waals surface area contributed by atoms with Crippen molar-refractivity contribution in [2.24, 2.45) is 0 Å². The second-order valence-electron chi connectivity index (χ2n) is 4.07. The number of aromatic nitrogens is 2. The van der Waals surface area contributed by atoms with Gasteiger partial charge in [-0.3, -0.25) is 4.79 Å². The van der Waals surface area contributed by atoms with Gasteiger partial charge in [-0.15, -0.1) is 13.2 Å². The zero-order valence-corrected chi connectivity index (χ0v) is 10.9. The third-order valence-electron chi connectivity index (χ3n) is 2.54. The maximum Gasteiger partial charge on any atom is 0.573 e. The van der Waals surface area contributed by atoms with Gasteiger partial charge >= 0.3 is 12.3 Å². The molecule has 0 N–H and O–H groups in total. The molecule has 0 radical (unpaired) electrons. The first-order valence-electron chi connectivity index (χ1n) is 5.83. The van der Waals surface area contributed by atoms with Crippen LogP contribution in [-0.4, -0.2) is 29.0 Å². The van der Waals surface area contributed by atoms with E-state index in [0.717, 1.165) is 0 Å². The summed E-state index contributed by atoms with van der Waals surface area (Å²) < 4.78 is 46.4. The summed E-state index contributed by atoms with van der Waals surface area (Å²) in [6.45, 7) is 0. The number of benzene rings is 1. The highest BCUT2D eigenvalue weighted by molar-refractivity contribution is 5.71. The van der Waals surface area contributed by atoms with E-state index in [4.69, 9.17) is 0 Å². The van der Waals surface area contributed by atoms with Crippen LogP contribution >= 0.6 is 0 Å². The largest absolute Gasteiger partial charge is 0.573 e. The Morgan fingerprint density at radius 1 is 1.38 bits per heavy atom. The minimum atomic E-state index is -4.75. The lowest BCUT2D eigenvalue weighted by Crippen LogP contribution is -2.17. The second kappa shape index (κ2) is 5.86. The molecule has 8 heteroatoms. The summed E-state index contributed by atoms with van der Waals surface area (Å²) in [6, 6.07) is 5.43. The molecule has 112 valence electrons. The highest BCUT2D eigenvalue weighted by atomic mass is 19.4. The van der Waals surface area contributed by atoms with E-state index in [9.17, 15) is 18.0 Å². The van der Waals surface area contributed by atoms with Crippen LogP contribution in [0.25, 0.3) is 5.69 Å². The molecule has 0 amide bonds. The number of hydrogen-bond donors (Lipinski definition) is 0. The van der Waals surface area contributed by atoms with Crippen LogP contribution in [0.15, 0.2) is 36.8 Å². The minimum absolute atomic E-state index is 0.0117. The van der Waals surface area contributed by atoms with Crippen LogP contribution in [0.2, 0.25) is 0 Å². The van der Waals surface area contributed by atoms with Crippen LogP contribution in [0.4, 0.5) is 13.2 Å². The van der Waals surface area contributed by atoms with E-state index in [1.54, 1.807) is 6.07 Å². The number of ether oxygens (including phenoxy) is 2. The SMILES string of the molecule is COC(=O)Cc1cn(-c2cccc(OC(F)(F)F)c2)cn1. The Balaban J connectivity index is 2.18. The minimum Gasteiger partial charge on any atom is -0.469 e. The average molecular weight is 300 g/mol. The van der Waals surface area contributed by atoms with Crippen molar-refractivity contribution >= 4 is 5.97 Å². The van der Waals surface area contributed by atoms with E-state index in [-0.39, 0.29) is 12.2 Å². The van der Waals surface area contributed by atoms with Crippen LogP contribution < -0.4 is 4.74 Å². The fourth-order valence-electron chi connectivity index (χ4n) is 1.66. The third kappa shape index (κ3) is 4.23. The van der Waals surface area contributed by atoms with Crippen molar-refractivity contribution < 1.29 is 27.4 Å². The molecule has 21 heavy (non-hydrogen) atoms. The number of carbonyl (C=O) groups excluding carboxylic acids is 1. The summed E-state index contributed by atoms with van der Waals surface area (Å²) in [6.07, 6.45) is -1.83. The first-order valence-corrected chi connectivity index (χ1v) is 5.83. The number of halogens is 3. The number of imidazole rings is 1. The van der Waals surface area contributed by atoms with Gasteiger partial charge in [-0.25, -0.2) is 4.98 Å². The van der Waals surface area contributed by atoms with Crippen molar-refractivity contribution in [2.75, 3.05) is 7.11 Å². The van der Waals surface area contributed by atoms with Crippen LogP contribution in [0.5, 0.6) is 5.75 Å². The summed E-state index contributed by atoms with van der Waals surface area (Å²) >= 11 is 0. The van der Waals surface area contributed by atoms with Gasteiger partial charge in [0.25, 0.3) is 0 Å². The summed E-state index contributed by atoms with van der Waals surface area (Å²) in [7, 11) is 1.26. The van der Waals surface area contributed by atoms with Crippen LogP contribution in [-0.2, 0) is 16.0 Å². The standard InChI is InChI=1S/C13H11F3N2O3/c1-20-12(19)5-9-7-18(8-17-9)10-3-2-4-11(6-10)21-13(14,15)16/h2-4,6-8H,5H2,1H3. The van der Waals surface area contributed by atoms with E-state index in [0.29, 0.717) is 11.4 Å². The van der Waals surface area contributed by atoms with Gasteiger partial charge in [0.15, 0.2) is 0 Å². The molecule has 1 aromatic carbocycles. The van der Waals surface area contributed by atoms with Crippen molar-refractivity contribution in [3.63, 3.8) is 0 Å². The number of alkyl halides is 3. The molecule has 0 saturated heterocycles. The Kier molecular flexibility index (Phi) is 4.15. The van der Waals surface area contributed by atoms with Gasteiger partial charge < -0.3 is 14.0 Å². The quantitative estimate of drug-likeness (QED) is 0.814. The maximum atomic E-state index is 12.2. The van der Waals surface area contributed by atoms with Gasteiger partial charge in [0.2, 0.25) is 0 Å². The second-order valence-corrected chi connectivity index (χ2v) is 4.07. The average Bonchev–Trinajstić information content (AvgIpc) is 2.85. The fraction of sp³-hybridized carbons (Fsp3) is 0.231. The molecule has 0 aliphatic rings. The molecule has 0 spiro atoms. The summed E-state index contributed by atoms with van der Waals surface area (Å²) in [5.41, 5.74) is 0.879. The molecule has 2 aromatic rings. The van der Waals surface area contributed by atoms with Gasteiger partial charge in [0.05, 0.1) is 31.2 Å².